The molecule has 2 aromatic carbocycles. The van der Waals surface area contributed by atoms with E-state index in [2.05, 4.69) is 21.2 Å². The van der Waals surface area contributed by atoms with E-state index in [0.29, 0.717) is 29.0 Å². The van der Waals surface area contributed by atoms with Crippen LogP contribution in [0.15, 0.2) is 51.0 Å². The van der Waals surface area contributed by atoms with Gasteiger partial charge in [-0.15, -0.1) is 5.10 Å². The molecule has 0 aliphatic carbocycles. The summed E-state index contributed by atoms with van der Waals surface area (Å²) in [7, 11) is 1.60. The third-order valence-electron chi connectivity index (χ3n) is 4.64. The number of methoxy groups -OCH3 is 1. The van der Waals surface area contributed by atoms with E-state index >= 15 is 0 Å². The minimum atomic E-state index is -0.567. The second-order valence-electron chi connectivity index (χ2n) is 6.46. The average Bonchev–Trinajstić information content (AvgIpc) is 2.73. The molecule has 0 fully saturated rings. The van der Waals surface area contributed by atoms with Gasteiger partial charge >= 0.3 is 0 Å². The van der Waals surface area contributed by atoms with Crippen LogP contribution in [0, 0.1) is 0 Å². The summed E-state index contributed by atoms with van der Waals surface area (Å²) in [6.07, 6.45) is -0.567. The zero-order chi connectivity index (χ0) is 21.3. The van der Waals surface area contributed by atoms with Gasteiger partial charge in [0.15, 0.2) is 22.8 Å². The molecule has 1 N–H and O–H groups in total. The number of hydrogen-bond donors (Lipinski definition) is 1. The SMILES string of the molecule is CCOc1cccc([C@H]2N=c3ccc(Br)cc3=C3C(=O)NC(SCC)=NN32)c1OC. The zero-order valence-electron chi connectivity index (χ0n) is 16.8. The number of para-hydroxylation sites is 1. The molecule has 0 saturated carbocycles. The number of carbonyl (C=O) groups excluding carboxylic acids is 1. The van der Waals surface area contributed by atoms with Crippen LogP contribution in [0.4, 0.5) is 0 Å². The lowest BCUT2D eigenvalue weighted by molar-refractivity contribution is -0.116. The predicted molar refractivity (Wildman–Crippen MR) is 121 cm³/mol. The van der Waals surface area contributed by atoms with Gasteiger partial charge in [0.1, 0.15) is 5.70 Å². The average molecular weight is 489 g/mol. The van der Waals surface area contributed by atoms with Crippen molar-refractivity contribution in [1.29, 1.82) is 0 Å². The number of halogens is 1. The van der Waals surface area contributed by atoms with E-state index in [-0.39, 0.29) is 5.91 Å². The molecule has 0 unspecified atom stereocenters. The highest BCUT2D eigenvalue weighted by Crippen LogP contribution is 2.40. The van der Waals surface area contributed by atoms with E-state index in [1.54, 1.807) is 12.1 Å². The summed E-state index contributed by atoms with van der Waals surface area (Å²) in [4.78, 5) is 18.0. The number of hydrazone groups is 1. The summed E-state index contributed by atoms with van der Waals surface area (Å²) in [5.74, 6) is 1.79. The summed E-state index contributed by atoms with van der Waals surface area (Å²) < 4.78 is 12.3. The fourth-order valence-corrected chi connectivity index (χ4v) is 4.42. The van der Waals surface area contributed by atoms with Crippen molar-refractivity contribution >= 4 is 44.5 Å². The molecule has 2 aliphatic heterocycles. The molecule has 2 aliphatic rings. The number of hydrogen-bond acceptors (Lipinski definition) is 7. The van der Waals surface area contributed by atoms with Crippen molar-refractivity contribution in [2.24, 2.45) is 10.1 Å². The Morgan fingerprint density at radius 3 is 2.83 bits per heavy atom. The molecule has 0 bridgehead atoms. The monoisotopic (exact) mass is 488 g/mol. The maximum absolute atomic E-state index is 13.1. The number of thioether (sulfide) groups is 1. The van der Waals surface area contributed by atoms with Gasteiger partial charge in [0.2, 0.25) is 0 Å². The maximum atomic E-state index is 13.1. The van der Waals surface area contributed by atoms with Crippen molar-refractivity contribution in [2.45, 2.75) is 20.0 Å². The van der Waals surface area contributed by atoms with Crippen molar-refractivity contribution in [2.75, 3.05) is 19.5 Å². The summed E-state index contributed by atoms with van der Waals surface area (Å²) in [5.41, 5.74) is 1.23. The van der Waals surface area contributed by atoms with Gasteiger partial charge in [0, 0.05) is 15.3 Å². The molecule has 156 valence electrons. The second-order valence-corrected chi connectivity index (χ2v) is 8.63. The van der Waals surface area contributed by atoms with Crippen LogP contribution in [0.2, 0.25) is 0 Å². The molecule has 0 saturated heterocycles. The molecule has 7 nitrogen and oxygen atoms in total. The fraction of sp³-hybridized carbons (Fsp3) is 0.286. The second kappa shape index (κ2) is 8.69. The van der Waals surface area contributed by atoms with Crippen LogP contribution in [0.3, 0.4) is 0 Å². The van der Waals surface area contributed by atoms with E-state index in [4.69, 9.17) is 19.6 Å². The Kier molecular flexibility index (Phi) is 6.01. The van der Waals surface area contributed by atoms with Crippen molar-refractivity contribution in [1.82, 2.24) is 10.3 Å². The molecule has 0 aromatic heterocycles. The number of ether oxygens (including phenoxy) is 2. The van der Waals surface area contributed by atoms with Crippen molar-refractivity contribution < 1.29 is 14.3 Å². The van der Waals surface area contributed by atoms with Crippen LogP contribution in [0.25, 0.3) is 5.70 Å². The van der Waals surface area contributed by atoms with Crippen LogP contribution >= 0.6 is 27.7 Å². The summed E-state index contributed by atoms with van der Waals surface area (Å²) >= 11 is 4.96. The Labute approximate surface area is 187 Å². The first-order chi connectivity index (χ1) is 14.6. The number of carbonyl (C=O) groups is 1. The number of nitrogens with zero attached hydrogens (tertiary/aromatic N) is 3. The first-order valence-electron chi connectivity index (χ1n) is 9.56. The van der Waals surface area contributed by atoms with E-state index < -0.39 is 6.17 Å². The van der Waals surface area contributed by atoms with Gasteiger partial charge in [-0.1, -0.05) is 46.7 Å². The first kappa shape index (κ1) is 20.7. The standard InChI is InChI=1S/C21H21BrN4O3S/c1-4-29-16-8-6-7-13(18(16)28-3)19-23-15-10-9-12(22)11-14(15)17-20(27)24-21(30-5-2)25-26(17)19/h6-11,19H,4-5H2,1-3H3,(H,24,25,27)/t19-/m0/s1. The van der Waals surface area contributed by atoms with Gasteiger partial charge in [-0.25, -0.2) is 5.01 Å². The summed E-state index contributed by atoms with van der Waals surface area (Å²) in [6.45, 7) is 4.44. The van der Waals surface area contributed by atoms with Crippen molar-refractivity contribution in [3.05, 3.63) is 57.0 Å². The van der Waals surface area contributed by atoms with Gasteiger partial charge in [-0.2, -0.15) is 0 Å². The van der Waals surface area contributed by atoms with Crippen LogP contribution in [-0.4, -0.2) is 35.6 Å². The van der Waals surface area contributed by atoms with Gasteiger partial charge in [0.05, 0.1) is 19.1 Å². The largest absolute Gasteiger partial charge is 0.492 e. The van der Waals surface area contributed by atoms with E-state index in [1.807, 2.05) is 50.2 Å². The minimum Gasteiger partial charge on any atom is -0.492 e. The lowest BCUT2D eigenvalue weighted by atomic mass is 10.1. The third-order valence-corrected chi connectivity index (χ3v) is 5.88. The third kappa shape index (κ3) is 3.67. The van der Waals surface area contributed by atoms with Crippen molar-refractivity contribution in [3.63, 3.8) is 0 Å². The quantitative estimate of drug-likeness (QED) is 0.700. The zero-order valence-corrected chi connectivity index (χ0v) is 19.2. The van der Waals surface area contributed by atoms with E-state index in [9.17, 15) is 4.79 Å². The first-order valence-corrected chi connectivity index (χ1v) is 11.3. The normalized spacial score (nSPS) is 17.4. The molecule has 1 atom stereocenters. The molecule has 1 amide bonds. The Morgan fingerprint density at radius 2 is 2.10 bits per heavy atom. The smallest absolute Gasteiger partial charge is 0.276 e. The lowest BCUT2D eigenvalue weighted by Crippen LogP contribution is -2.50. The molecule has 0 spiro atoms. The fourth-order valence-electron chi connectivity index (χ4n) is 3.48. The molecule has 2 heterocycles. The van der Waals surface area contributed by atoms with Crippen LogP contribution in [0.1, 0.15) is 25.6 Å². The molecule has 0 radical (unpaired) electrons. The number of amides is 1. The van der Waals surface area contributed by atoms with Gasteiger partial charge in [0.25, 0.3) is 5.91 Å². The highest BCUT2D eigenvalue weighted by molar-refractivity contribution is 9.10. The molecular formula is C21H21BrN4O3S. The highest BCUT2D eigenvalue weighted by Gasteiger charge is 2.36. The molecule has 4 rings (SSSR count). The topological polar surface area (TPSA) is 75.5 Å². The molecule has 9 heteroatoms. The molecular weight excluding hydrogens is 468 g/mol. The van der Waals surface area contributed by atoms with E-state index in [1.165, 1.54) is 11.8 Å². The highest BCUT2D eigenvalue weighted by atomic mass is 79.9. The Balaban J connectivity index is 1.97. The van der Waals surface area contributed by atoms with Crippen LogP contribution in [0.5, 0.6) is 11.5 Å². The Hall–Kier alpha value is -2.52. The van der Waals surface area contributed by atoms with Gasteiger partial charge in [-0.05, 0) is 36.9 Å². The number of rotatable bonds is 5. The van der Waals surface area contributed by atoms with E-state index in [0.717, 1.165) is 26.4 Å². The lowest BCUT2D eigenvalue weighted by Gasteiger charge is -2.34. The number of nitrogens with one attached hydrogen (secondary N) is 1. The summed E-state index contributed by atoms with van der Waals surface area (Å²) in [5, 5.41) is 11.3. The van der Waals surface area contributed by atoms with Gasteiger partial charge in [-0.3, -0.25) is 15.1 Å². The maximum Gasteiger partial charge on any atom is 0.276 e. The number of amidine groups is 1. The molecule has 2 aromatic rings. The Bertz CT molecular complexity index is 1150. The van der Waals surface area contributed by atoms with Crippen LogP contribution in [-0.2, 0) is 4.79 Å². The summed E-state index contributed by atoms with van der Waals surface area (Å²) in [6, 6.07) is 11.4. The predicted octanol–water partition coefficient (Wildman–Crippen LogP) is 2.75. The number of fused-ring (bicyclic) bond motifs is 2. The number of benzene rings is 2. The molecule has 30 heavy (non-hydrogen) atoms. The van der Waals surface area contributed by atoms with Gasteiger partial charge < -0.3 is 9.47 Å². The van der Waals surface area contributed by atoms with Crippen molar-refractivity contribution in [3.8, 4) is 11.5 Å². The van der Waals surface area contributed by atoms with Crippen LogP contribution < -0.4 is 25.4 Å². The Morgan fingerprint density at radius 1 is 1.27 bits per heavy atom. The minimum absolute atomic E-state index is 0.208.